The van der Waals surface area contributed by atoms with E-state index in [9.17, 15) is 18.0 Å². The molecule has 1 aromatic heterocycles. The highest BCUT2D eigenvalue weighted by molar-refractivity contribution is 7.89. The minimum absolute atomic E-state index is 0.100. The van der Waals surface area contributed by atoms with Crippen LogP contribution >= 0.6 is 0 Å². The van der Waals surface area contributed by atoms with Crippen molar-refractivity contribution in [3.8, 4) is 5.75 Å². The summed E-state index contributed by atoms with van der Waals surface area (Å²) < 4.78 is 32.3. The van der Waals surface area contributed by atoms with E-state index in [4.69, 9.17) is 4.74 Å². The summed E-state index contributed by atoms with van der Waals surface area (Å²) in [5.41, 5.74) is 0. The summed E-state index contributed by atoms with van der Waals surface area (Å²) in [5.74, 6) is 0.0552. The maximum Gasteiger partial charge on any atom is 0.243 e. The highest BCUT2D eigenvalue weighted by Crippen LogP contribution is 2.25. The van der Waals surface area contributed by atoms with Crippen LogP contribution in [0.3, 0.4) is 0 Å². The van der Waals surface area contributed by atoms with E-state index in [1.165, 1.54) is 23.5 Å². The predicted molar refractivity (Wildman–Crippen MR) is 115 cm³/mol. The number of rotatable bonds is 8. The summed E-state index contributed by atoms with van der Waals surface area (Å²) in [5, 5.41) is 5.39. The van der Waals surface area contributed by atoms with Crippen molar-refractivity contribution in [1.29, 1.82) is 0 Å². The van der Waals surface area contributed by atoms with Gasteiger partial charge in [-0.15, -0.1) is 0 Å². The van der Waals surface area contributed by atoms with Gasteiger partial charge in [0.2, 0.25) is 21.8 Å². The van der Waals surface area contributed by atoms with Crippen molar-refractivity contribution in [3.63, 3.8) is 0 Å². The van der Waals surface area contributed by atoms with Crippen molar-refractivity contribution in [2.24, 2.45) is 5.92 Å². The zero-order valence-corrected chi connectivity index (χ0v) is 18.1. The van der Waals surface area contributed by atoms with Crippen LogP contribution in [-0.2, 0) is 19.6 Å². The first-order chi connectivity index (χ1) is 14.9. The summed E-state index contributed by atoms with van der Waals surface area (Å²) >= 11 is 0. The van der Waals surface area contributed by atoms with Crippen LogP contribution in [0.2, 0.25) is 0 Å². The average molecular weight is 447 g/mol. The molecule has 3 rings (SSSR count). The molecule has 1 aliphatic heterocycles. The Bertz CT molecular complexity index is 996. The number of benzene rings is 1. The van der Waals surface area contributed by atoms with Crippen molar-refractivity contribution in [2.75, 3.05) is 32.1 Å². The van der Waals surface area contributed by atoms with Crippen molar-refractivity contribution in [1.82, 2.24) is 14.6 Å². The molecule has 1 aromatic carbocycles. The summed E-state index contributed by atoms with van der Waals surface area (Å²) in [7, 11) is -2.18. The Morgan fingerprint density at radius 3 is 2.65 bits per heavy atom. The topological polar surface area (TPSA) is 118 Å². The number of aromatic nitrogens is 1. The first kappa shape index (κ1) is 22.7. The van der Waals surface area contributed by atoms with Crippen LogP contribution in [-0.4, -0.2) is 56.3 Å². The molecule has 1 unspecified atom stereocenters. The number of methoxy groups -OCH3 is 1. The fraction of sp³-hybridized carbons (Fsp3) is 0.381. The van der Waals surface area contributed by atoms with E-state index in [2.05, 4.69) is 15.6 Å². The molecule has 2 aromatic rings. The standard InChI is InChI=1S/C21H26N4O5S/c1-30-17-7-9-18(10-8-17)31(28,29)25-14-4-5-16(15-25)21(27)23-13-11-20(26)24-19-6-2-3-12-22-19/h2-3,6-10,12,16H,4-5,11,13-15H2,1H3,(H,23,27)(H,22,24,26). The van der Waals surface area contributed by atoms with Gasteiger partial charge in [0.15, 0.2) is 0 Å². The minimum Gasteiger partial charge on any atom is -0.497 e. The van der Waals surface area contributed by atoms with Crippen LogP contribution in [0, 0.1) is 5.92 Å². The van der Waals surface area contributed by atoms with E-state index in [0.29, 0.717) is 31.0 Å². The molecule has 1 fully saturated rings. The molecule has 9 nitrogen and oxygen atoms in total. The number of hydrogen-bond donors (Lipinski definition) is 2. The number of piperidine rings is 1. The van der Waals surface area contributed by atoms with Crippen molar-refractivity contribution in [3.05, 3.63) is 48.7 Å². The highest BCUT2D eigenvalue weighted by atomic mass is 32.2. The Morgan fingerprint density at radius 2 is 1.97 bits per heavy atom. The normalized spacial score (nSPS) is 17.0. The second-order valence-electron chi connectivity index (χ2n) is 7.18. The minimum atomic E-state index is -3.70. The lowest BCUT2D eigenvalue weighted by molar-refractivity contribution is -0.126. The summed E-state index contributed by atoms with van der Waals surface area (Å²) in [4.78, 5) is 28.7. The number of hydrogen-bond acceptors (Lipinski definition) is 6. The van der Waals surface area contributed by atoms with E-state index >= 15 is 0 Å². The molecule has 166 valence electrons. The smallest absolute Gasteiger partial charge is 0.243 e. The first-order valence-electron chi connectivity index (χ1n) is 10.0. The molecule has 2 heterocycles. The lowest BCUT2D eigenvalue weighted by atomic mass is 9.99. The second kappa shape index (κ2) is 10.4. The molecular formula is C21H26N4O5S. The van der Waals surface area contributed by atoms with Gasteiger partial charge in [0, 0.05) is 32.3 Å². The Balaban J connectivity index is 1.51. The third-order valence-electron chi connectivity index (χ3n) is 5.04. The van der Waals surface area contributed by atoms with Gasteiger partial charge in [0.25, 0.3) is 0 Å². The van der Waals surface area contributed by atoms with Gasteiger partial charge in [0.05, 0.1) is 17.9 Å². The molecule has 2 N–H and O–H groups in total. The van der Waals surface area contributed by atoms with Crippen LogP contribution in [0.25, 0.3) is 0 Å². The summed E-state index contributed by atoms with van der Waals surface area (Å²) in [6, 6.07) is 11.4. The van der Waals surface area contributed by atoms with Gasteiger partial charge in [-0.05, 0) is 49.2 Å². The number of nitrogens with one attached hydrogen (secondary N) is 2. The Hall–Kier alpha value is -2.98. The maximum absolute atomic E-state index is 12.9. The molecule has 0 bridgehead atoms. The molecule has 0 spiro atoms. The van der Waals surface area contributed by atoms with Gasteiger partial charge in [-0.1, -0.05) is 6.07 Å². The van der Waals surface area contributed by atoms with E-state index in [1.807, 2.05) is 0 Å². The number of sulfonamides is 1. The van der Waals surface area contributed by atoms with Crippen LogP contribution < -0.4 is 15.4 Å². The fourth-order valence-electron chi connectivity index (χ4n) is 3.36. The zero-order valence-electron chi connectivity index (χ0n) is 17.3. The third-order valence-corrected chi connectivity index (χ3v) is 6.92. The van der Waals surface area contributed by atoms with Crippen molar-refractivity contribution >= 4 is 27.7 Å². The van der Waals surface area contributed by atoms with Crippen LogP contribution in [0.15, 0.2) is 53.6 Å². The van der Waals surface area contributed by atoms with Gasteiger partial charge in [-0.3, -0.25) is 9.59 Å². The molecule has 31 heavy (non-hydrogen) atoms. The number of ether oxygens (including phenoxy) is 1. The summed E-state index contributed by atoms with van der Waals surface area (Å²) in [6.45, 7) is 0.643. The number of amides is 2. The maximum atomic E-state index is 12.9. The molecular weight excluding hydrogens is 420 g/mol. The van der Waals surface area contributed by atoms with Crippen LogP contribution in [0.1, 0.15) is 19.3 Å². The van der Waals surface area contributed by atoms with Crippen molar-refractivity contribution in [2.45, 2.75) is 24.2 Å². The van der Waals surface area contributed by atoms with E-state index < -0.39 is 15.9 Å². The number of nitrogens with zero attached hydrogens (tertiary/aromatic N) is 2. The van der Waals surface area contributed by atoms with Gasteiger partial charge >= 0.3 is 0 Å². The average Bonchev–Trinajstić information content (AvgIpc) is 2.79. The molecule has 1 aliphatic rings. The number of anilines is 1. The molecule has 1 atom stereocenters. The summed E-state index contributed by atoms with van der Waals surface area (Å²) in [6.07, 6.45) is 2.86. The van der Waals surface area contributed by atoms with Crippen molar-refractivity contribution < 1.29 is 22.7 Å². The van der Waals surface area contributed by atoms with Gasteiger partial charge in [-0.25, -0.2) is 13.4 Å². The molecule has 0 radical (unpaired) electrons. The van der Waals surface area contributed by atoms with Gasteiger partial charge in [0.1, 0.15) is 11.6 Å². The molecule has 0 saturated carbocycles. The zero-order chi connectivity index (χ0) is 22.3. The van der Waals surface area contributed by atoms with E-state index in [1.54, 1.807) is 36.5 Å². The lowest BCUT2D eigenvalue weighted by Crippen LogP contribution is -2.45. The van der Waals surface area contributed by atoms with E-state index in [-0.39, 0.29) is 36.2 Å². The SMILES string of the molecule is COc1ccc(S(=O)(=O)N2CCCC(C(=O)NCCC(=O)Nc3ccccn3)C2)cc1. The third kappa shape index (κ3) is 6.02. The van der Waals surface area contributed by atoms with Crippen LogP contribution in [0.4, 0.5) is 5.82 Å². The van der Waals surface area contributed by atoms with Gasteiger partial charge in [-0.2, -0.15) is 4.31 Å². The van der Waals surface area contributed by atoms with E-state index in [0.717, 1.165) is 0 Å². The molecule has 10 heteroatoms. The lowest BCUT2D eigenvalue weighted by Gasteiger charge is -2.31. The molecule has 2 amide bonds. The quantitative estimate of drug-likeness (QED) is 0.637. The highest BCUT2D eigenvalue weighted by Gasteiger charge is 2.33. The Kier molecular flexibility index (Phi) is 7.59. The fourth-order valence-corrected chi connectivity index (χ4v) is 4.88. The Morgan fingerprint density at radius 1 is 1.19 bits per heavy atom. The number of carbonyl (C=O) groups excluding carboxylic acids is 2. The molecule has 1 saturated heterocycles. The monoisotopic (exact) mass is 446 g/mol. The molecule has 0 aliphatic carbocycles. The number of carbonyl (C=O) groups is 2. The first-order valence-corrected chi connectivity index (χ1v) is 11.5. The second-order valence-corrected chi connectivity index (χ2v) is 9.12. The largest absolute Gasteiger partial charge is 0.497 e. The van der Waals surface area contributed by atoms with Gasteiger partial charge < -0.3 is 15.4 Å². The predicted octanol–water partition coefficient (Wildman–Crippen LogP) is 1.64. The van der Waals surface area contributed by atoms with Crippen LogP contribution in [0.5, 0.6) is 5.75 Å². The Labute approximate surface area is 181 Å². The number of pyridine rings is 1.